The second kappa shape index (κ2) is 10.4. The molecule has 2 heterocycles. The standard InChI is InChI=1S/C24H25N5O3S/c1-2-25-24(32)17-12-26-22(28-16-8-9-18-21(10-16)33-14-27-18)11-19(17)29-23(20(31)13-30)15-6-4-3-5-7-15/h3-12,14,20,23,30-31H,2,13H2,1H3,(H,25,32)(H2,26,28,29). The van der Waals surface area contributed by atoms with E-state index in [0.717, 1.165) is 21.5 Å². The van der Waals surface area contributed by atoms with Gasteiger partial charge in [-0.1, -0.05) is 30.3 Å². The molecule has 2 aromatic heterocycles. The van der Waals surface area contributed by atoms with E-state index >= 15 is 0 Å². The van der Waals surface area contributed by atoms with Crippen molar-refractivity contribution in [3.8, 4) is 0 Å². The molecule has 170 valence electrons. The highest BCUT2D eigenvalue weighted by molar-refractivity contribution is 7.16. The van der Waals surface area contributed by atoms with Crippen LogP contribution in [0.4, 0.5) is 17.2 Å². The van der Waals surface area contributed by atoms with Crippen molar-refractivity contribution in [3.05, 3.63) is 77.4 Å². The van der Waals surface area contributed by atoms with Gasteiger partial charge >= 0.3 is 0 Å². The van der Waals surface area contributed by atoms with Gasteiger partial charge in [-0.25, -0.2) is 9.97 Å². The van der Waals surface area contributed by atoms with Gasteiger partial charge in [-0.15, -0.1) is 11.3 Å². The number of carbonyl (C=O) groups excluding carboxylic acids is 1. The quantitative estimate of drug-likeness (QED) is 0.257. The van der Waals surface area contributed by atoms with Crippen molar-refractivity contribution in [1.29, 1.82) is 0 Å². The van der Waals surface area contributed by atoms with E-state index in [4.69, 9.17) is 0 Å². The predicted octanol–water partition coefficient (Wildman–Crippen LogP) is 3.69. The van der Waals surface area contributed by atoms with E-state index in [-0.39, 0.29) is 5.91 Å². The Morgan fingerprint density at radius 3 is 2.70 bits per heavy atom. The van der Waals surface area contributed by atoms with Gasteiger partial charge in [-0.3, -0.25) is 4.79 Å². The number of fused-ring (bicyclic) bond motifs is 1. The lowest BCUT2D eigenvalue weighted by Gasteiger charge is -2.26. The number of anilines is 3. The van der Waals surface area contributed by atoms with Crippen molar-refractivity contribution in [2.75, 3.05) is 23.8 Å². The first kappa shape index (κ1) is 22.7. The third-order valence-electron chi connectivity index (χ3n) is 5.13. The van der Waals surface area contributed by atoms with Crippen LogP contribution in [-0.2, 0) is 0 Å². The zero-order chi connectivity index (χ0) is 23.2. The molecule has 4 rings (SSSR count). The fraction of sp³-hybridized carbons (Fsp3) is 0.208. The molecule has 2 atom stereocenters. The van der Waals surface area contributed by atoms with Crippen molar-refractivity contribution in [2.45, 2.75) is 19.1 Å². The summed E-state index contributed by atoms with van der Waals surface area (Å²) >= 11 is 1.55. The van der Waals surface area contributed by atoms with Crippen LogP contribution in [0.1, 0.15) is 28.9 Å². The third-order valence-corrected chi connectivity index (χ3v) is 5.92. The van der Waals surface area contributed by atoms with Gasteiger partial charge in [0.25, 0.3) is 5.91 Å². The number of aliphatic hydroxyl groups is 2. The Morgan fingerprint density at radius 1 is 1.12 bits per heavy atom. The molecule has 33 heavy (non-hydrogen) atoms. The highest BCUT2D eigenvalue weighted by Crippen LogP contribution is 2.29. The highest BCUT2D eigenvalue weighted by atomic mass is 32.1. The van der Waals surface area contributed by atoms with Gasteiger partial charge in [0.15, 0.2) is 0 Å². The lowest BCUT2D eigenvalue weighted by Crippen LogP contribution is -2.30. The zero-order valence-corrected chi connectivity index (χ0v) is 18.8. The zero-order valence-electron chi connectivity index (χ0n) is 18.0. The molecular weight excluding hydrogens is 438 g/mol. The van der Waals surface area contributed by atoms with E-state index in [1.807, 2.05) is 55.5 Å². The molecule has 1 amide bonds. The average Bonchev–Trinajstić information content (AvgIpc) is 3.31. The maximum Gasteiger partial charge on any atom is 0.254 e. The molecule has 4 aromatic rings. The lowest BCUT2D eigenvalue weighted by molar-refractivity contribution is 0.0793. The molecule has 0 bridgehead atoms. The minimum Gasteiger partial charge on any atom is -0.394 e. The topological polar surface area (TPSA) is 119 Å². The van der Waals surface area contributed by atoms with E-state index in [2.05, 4.69) is 25.9 Å². The predicted molar refractivity (Wildman–Crippen MR) is 131 cm³/mol. The number of hydrogen-bond donors (Lipinski definition) is 5. The summed E-state index contributed by atoms with van der Waals surface area (Å²) < 4.78 is 1.05. The molecule has 8 nitrogen and oxygen atoms in total. The summed E-state index contributed by atoms with van der Waals surface area (Å²) in [5.74, 6) is 0.246. The molecular formula is C24H25N5O3S. The van der Waals surface area contributed by atoms with Crippen LogP contribution in [0.2, 0.25) is 0 Å². The third kappa shape index (κ3) is 5.28. The fourth-order valence-corrected chi connectivity index (χ4v) is 4.21. The van der Waals surface area contributed by atoms with Crippen molar-refractivity contribution >= 4 is 44.7 Å². The first-order valence-corrected chi connectivity index (χ1v) is 11.5. The Hall–Kier alpha value is -3.53. The summed E-state index contributed by atoms with van der Waals surface area (Å²) in [6, 6.07) is 16.2. The van der Waals surface area contributed by atoms with E-state index in [9.17, 15) is 15.0 Å². The highest BCUT2D eigenvalue weighted by Gasteiger charge is 2.23. The number of pyridine rings is 1. The van der Waals surface area contributed by atoms with E-state index in [1.165, 1.54) is 6.20 Å². The minimum absolute atomic E-state index is 0.282. The van der Waals surface area contributed by atoms with Crippen molar-refractivity contribution in [2.24, 2.45) is 0 Å². The molecule has 0 aliphatic heterocycles. The van der Waals surface area contributed by atoms with Crippen molar-refractivity contribution in [1.82, 2.24) is 15.3 Å². The Kier molecular flexibility index (Phi) is 7.13. The van der Waals surface area contributed by atoms with E-state index < -0.39 is 18.8 Å². The first-order chi connectivity index (χ1) is 16.1. The molecule has 2 aromatic carbocycles. The Bertz CT molecular complexity index is 1230. The number of carbonyl (C=O) groups is 1. The van der Waals surface area contributed by atoms with Gasteiger partial charge < -0.3 is 26.2 Å². The molecule has 0 saturated carbocycles. The Morgan fingerprint density at radius 2 is 1.94 bits per heavy atom. The summed E-state index contributed by atoms with van der Waals surface area (Å²) in [7, 11) is 0. The molecule has 0 saturated heterocycles. The summed E-state index contributed by atoms with van der Waals surface area (Å²) in [6.45, 7) is 1.87. The van der Waals surface area contributed by atoms with Crippen LogP contribution in [-0.4, -0.2) is 45.3 Å². The van der Waals surface area contributed by atoms with Gasteiger partial charge in [-0.05, 0) is 30.7 Å². The number of nitrogens with zero attached hydrogens (tertiary/aromatic N) is 2. The fourth-order valence-electron chi connectivity index (χ4n) is 3.50. The maximum atomic E-state index is 12.7. The number of nitrogens with one attached hydrogen (secondary N) is 3. The van der Waals surface area contributed by atoms with Gasteiger partial charge in [0.05, 0.1) is 39.6 Å². The monoisotopic (exact) mass is 463 g/mol. The molecule has 0 fully saturated rings. The van der Waals surface area contributed by atoms with Gasteiger partial charge in [0.1, 0.15) is 11.9 Å². The molecule has 0 aliphatic carbocycles. The van der Waals surface area contributed by atoms with Crippen LogP contribution in [0, 0.1) is 0 Å². The number of amides is 1. The summed E-state index contributed by atoms with van der Waals surface area (Å²) in [5, 5.41) is 29.4. The minimum atomic E-state index is -1.08. The molecule has 0 spiro atoms. The van der Waals surface area contributed by atoms with Crippen molar-refractivity contribution in [3.63, 3.8) is 0 Å². The van der Waals surface area contributed by atoms with E-state index in [1.54, 1.807) is 22.9 Å². The molecule has 9 heteroatoms. The molecule has 5 N–H and O–H groups in total. The van der Waals surface area contributed by atoms with Gasteiger partial charge in [-0.2, -0.15) is 0 Å². The maximum absolute atomic E-state index is 12.7. The summed E-state index contributed by atoms with van der Waals surface area (Å²) in [4.78, 5) is 21.4. The molecule has 0 radical (unpaired) electrons. The van der Waals surface area contributed by atoms with Crippen LogP contribution in [0.15, 0.2) is 66.3 Å². The smallest absolute Gasteiger partial charge is 0.254 e. The van der Waals surface area contributed by atoms with E-state index in [0.29, 0.717) is 23.6 Å². The number of benzene rings is 2. The van der Waals surface area contributed by atoms with Crippen LogP contribution < -0.4 is 16.0 Å². The Balaban J connectivity index is 1.68. The lowest BCUT2D eigenvalue weighted by atomic mass is 10.0. The summed E-state index contributed by atoms with van der Waals surface area (Å²) in [6.07, 6.45) is 0.418. The van der Waals surface area contributed by atoms with Gasteiger partial charge in [0, 0.05) is 24.5 Å². The van der Waals surface area contributed by atoms with Gasteiger partial charge in [0.2, 0.25) is 0 Å². The van der Waals surface area contributed by atoms with Crippen LogP contribution in [0.3, 0.4) is 0 Å². The summed E-state index contributed by atoms with van der Waals surface area (Å²) in [5.41, 5.74) is 5.17. The average molecular weight is 464 g/mol. The number of aromatic nitrogens is 2. The number of rotatable bonds is 9. The normalized spacial score (nSPS) is 12.8. The van der Waals surface area contributed by atoms with Crippen LogP contribution in [0.25, 0.3) is 10.2 Å². The second-order valence-corrected chi connectivity index (χ2v) is 8.30. The molecule has 0 aliphatic rings. The molecule has 2 unspecified atom stereocenters. The SMILES string of the molecule is CCNC(=O)c1cnc(Nc2ccc3ncsc3c2)cc1NC(c1ccccc1)C(O)CO. The number of hydrogen-bond acceptors (Lipinski definition) is 8. The van der Waals surface area contributed by atoms with Crippen LogP contribution in [0.5, 0.6) is 0 Å². The number of aliphatic hydroxyl groups excluding tert-OH is 2. The van der Waals surface area contributed by atoms with Crippen molar-refractivity contribution < 1.29 is 15.0 Å². The first-order valence-electron chi connectivity index (χ1n) is 10.6. The second-order valence-electron chi connectivity index (χ2n) is 7.42. The largest absolute Gasteiger partial charge is 0.394 e. The van der Waals surface area contributed by atoms with Crippen LogP contribution >= 0.6 is 11.3 Å². The number of thiazole rings is 1. The Labute approximate surface area is 195 Å².